The topological polar surface area (TPSA) is 78.9 Å². The van der Waals surface area contributed by atoms with Gasteiger partial charge in [-0.1, -0.05) is 318 Å². The van der Waals surface area contributed by atoms with Crippen LogP contribution in [0.1, 0.15) is 329 Å². The summed E-state index contributed by atoms with van der Waals surface area (Å²) >= 11 is 0. The Morgan fingerprint density at radius 1 is 0.273 bits per heavy atom. The molecule has 0 saturated carbocycles. The zero-order valence-electron chi connectivity index (χ0n) is 51.0. The number of ether oxygens (including phenoxy) is 3. The van der Waals surface area contributed by atoms with E-state index in [9.17, 15) is 14.4 Å². The van der Waals surface area contributed by atoms with Crippen LogP contribution in [0.3, 0.4) is 0 Å². The standard InChI is InChI=1S/C71H124O6/c1-4-7-10-13-16-19-22-24-26-28-30-31-32-33-34-35-36-37-38-39-41-42-44-46-49-52-55-58-61-64-70(73)76-67-68(66-75-69(72)63-60-57-54-51-48-21-18-15-12-9-6-3)77-71(74)65-62-59-56-53-50-47-45-43-40-29-27-25-23-20-17-14-11-8-5-2/h7,10,16,19,24,26,30-31,33-34,36-37,39,41,68H,4-6,8-9,11-15,17-18,20-23,25,27-29,32,35,38,40,42-67H2,1-3H3/b10-7-,19-16-,26-24-,31-30-,34-33-,37-36-,41-39-. The molecule has 0 heterocycles. The van der Waals surface area contributed by atoms with Gasteiger partial charge >= 0.3 is 17.9 Å². The van der Waals surface area contributed by atoms with Crippen molar-refractivity contribution in [1.82, 2.24) is 0 Å². The summed E-state index contributed by atoms with van der Waals surface area (Å²) in [6, 6.07) is 0. The van der Waals surface area contributed by atoms with E-state index >= 15 is 0 Å². The average molecular weight is 1070 g/mol. The van der Waals surface area contributed by atoms with Gasteiger partial charge in [0.15, 0.2) is 6.10 Å². The van der Waals surface area contributed by atoms with Gasteiger partial charge in [0.05, 0.1) is 0 Å². The third-order valence-corrected chi connectivity index (χ3v) is 14.4. The molecule has 0 N–H and O–H groups in total. The minimum Gasteiger partial charge on any atom is -0.462 e. The van der Waals surface area contributed by atoms with E-state index in [4.69, 9.17) is 14.2 Å². The lowest BCUT2D eigenvalue weighted by Gasteiger charge is -2.18. The van der Waals surface area contributed by atoms with Crippen molar-refractivity contribution in [2.45, 2.75) is 335 Å². The van der Waals surface area contributed by atoms with Crippen LogP contribution in [0.5, 0.6) is 0 Å². The van der Waals surface area contributed by atoms with Crippen molar-refractivity contribution < 1.29 is 28.6 Å². The normalized spacial score (nSPS) is 12.6. The highest BCUT2D eigenvalue weighted by atomic mass is 16.6. The molecule has 0 aromatic carbocycles. The van der Waals surface area contributed by atoms with Crippen LogP contribution in [-0.4, -0.2) is 37.2 Å². The number of rotatable bonds is 60. The van der Waals surface area contributed by atoms with Crippen molar-refractivity contribution in [2.24, 2.45) is 0 Å². The highest BCUT2D eigenvalue weighted by molar-refractivity contribution is 5.71. The van der Waals surface area contributed by atoms with E-state index in [1.54, 1.807) is 0 Å². The Morgan fingerprint density at radius 2 is 0.506 bits per heavy atom. The van der Waals surface area contributed by atoms with Crippen LogP contribution in [0.15, 0.2) is 85.1 Å². The molecule has 0 rings (SSSR count). The largest absolute Gasteiger partial charge is 0.462 e. The predicted octanol–water partition coefficient (Wildman–Crippen LogP) is 22.7. The molecule has 6 nitrogen and oxygen atoms in total. The van der Waals surface area contributed by atoms with Gasteiger partial charge in [-0.25, -0.2) is 0 Å². The van der Waals surface area contributed by atoms with Crippen LogP contribution in [0, 0.1) is 0 Å². The summed E-state index contributed by atoms with van der Waals surface area (Å²) in [6.07, 6.45) is 85.9. The van der Waals surface area contributed by atoms with Gasteiger partial charge in [0.25, 0.3) is 0 Å². The molecular formula is C71H124O6. The first-order chi connectivity index (χ1) is 38.0. The maximum absolute atomic E-state index is 12.9. The van der Waals surface area contributed by atoms with Crippen LogP contribution in [0.2, 0.25) is 0 Å². The van der Waals surface area contributed by atoms with E-state index in [0.29, 0.717) is 19.3 Å². The first-order valence-corrected chi connectivity index (χ1v) is 33.1. The van der Waals surface area contributed by atoms with Crippen molar-refractivity contribution in [3.05, 3.63) is 85.1 Å². The minimum atomic E-state index is -0.778. The summed E-state index contributed by atoms with van der Waals surface area (Å²) < 4.78 is 16.9. The van der Waals surface area contributed by atoms with Crippen LogP contribution < -0.4 is 0 Å². The molecular weight excluding hydrogens is 949 g/mol. The van der Waals surface area contributed by atoms with Crippen molar-refractivity contribution >= 4 is 17.9 Å². The molecule has 0 spiro atoms. The van der Waals surface area contributed by atoms with Gasteiger partial charge in [-0.15, -0.1) is 0 Å². The fourth-order valence-electron chi connectivity index (χ4n) is 9.48. The summed E-state index contributed by atoms with van der Waals surface area (Å²) in [4.78, 5) is 38.3. The number of allylic oxidation sites excluding steroid dienone is 14. The molecule has 0 aliphatic carbocycles. The Morgan fingerprint density at radius 3 is 0.792 bits per heavy atom. The van der Waals surface area contributed by atoms with Crippen molar-refractivity contribution in [2.75, 3.05) is 13.2 Å². The molecule has 0 aromatic rings. The molecule has 444 valence electrons. The number of unbranched alkanes of at least 4 members (excludes halogenated alkanes) is 35. The zero-order valence-corrected chi connectivity index (χ0v) is 51.0. The smallest absolute Gasteiger partial charge is 0.306 e. The number of hydrogen-bond donors (Lipinski definition) is 0. The highest BCUT2D eigenvalue weighted by Crippen LogP contribution is 2.17. The fraction of sp³-hybridized carbons (Fsp3) is 0.761. The van der Waals surface area contributed by atoms with Gasteiger partial charge in [-0.05, 0) is 77.0 Å². The monoisotopic (exact) mass is 1070 g/mol. The first kappa shape index (κ1) is 73.6. The molecule has 0 saturated heterocycles. The Bertz CT molecular complexity index is 1470. The molecule has 77 heavy (non-hydrogen) atoms. The van der Waals surface area contributed by atoms with Gasteiger partial charge in [0.2, 0.25) is 0 Å². The Balaban J connectivity index is 4.27. The molecule has 0 aliphatic rings. The molecule has 0 radical (unpaired) electrons. The Labute approximate surface area is 477 Å². The zero-order chi connectivity index (χ0) is 55.7. The number of carbonyl (C=O) groups excluding carboxylic acids is 3. The molecule has 1 unspecified atom stereocenters. The van der Waals surface area contributed by atoms with E-state index in [-0.39, 0.29) is 31.1 Å². The lowest BCUT2D eigenvalue weighted by Crippen LogP contribution is -2.30. The molecule has 0 aliphatic heterocycles. The van der Waals surface area contributed by atoms with Crippen molar-refractivity contribution in [3.8, 4) is 0 Å². The van der Waals surface area contributed by atoms with Gasteiger partial charge in [0, 0.05) is 19.3 Å². The van der Waals surface area contributed by atoms with Crippen molar-refractivity contribution in [3.63, 3.8) is 0 Å². The number of carbonyl (C=O) groups is 3. The third-order valence-electron chi connectivity index (χ3n) is 14.4. The molecule has 0 aromatic heterocycles. The summed E-state index contributed by atoms with van der Waals surface area (Å²) in [7, 11) is 0. The van der Waals surface area contributed by atoms with Gasteiger partial charge in [-0.2, -0.15) is 0 Å². The van der Waals surface area contributed by atoms with E-state index in [1.807, 2.05) is 0 Å². The average Bonchev–Trinajstić information content (AvgIpc) is 3.43. The third kappa shape index (κ3) is 63.3. The maximum Gasteiger partial charge on any atom is 0.306 e. The second-order valence-electron chi connectivity index (χ2n) is 22.0. The summed E-state index contributed by atoms with van der Waals surface area (Å²) in [5, 5.41) is 0. The second kappa shape index (κ2) is 65.1. The fourth-order valence-corrected chi connectivity index (χ4v) is 9.48. The van der Waals surface area contributed by atoms with Crippen LogP contribution in [0.25, 0.3) is 0 Å². The van der Waals surface area contributed by atoms with Crippen LogP contribution in [-0.2, 0) is 28.6 Å². The van der Waals surface area contributed by atoms with E-state index in [2.05, 4.69) is 106 Å². The molecule has 6 heteroatoms. The second-order valence-corrected chi connectivity index (χ2v) is 22.0. The minimum absolute atomic E-state index is 0.0751. The quantitative estimate of drug-likeness (QED) is 0.0261. The van der Waals surface area contributed by atoms with Crippen molar-refractivity contribution in [1.29, 1.82) is 0 Å². The summed E-state index contributed by atoms with van der Waals surface area (Å²) in [5.41, 5.74) is 0. The molecule has 1 atom stereocenters. The molecule has 0 amide bonds. The van der Waals surface area contributed by atoms with E-state index < -0.39 is 6.10 Å². The Hall–Kier alpha value is -3.41. The molecule has 0 bridgehead atoms. The first-order valence-electron chi connectivity index (χ1n) is 33.1. The summed E-state index contributed by atoms with van der Waals surface area (Å²) in [6.45, 7) is 6.55. The summed E-state index contributed by atoms with van der Waals surface area (Å²) in [5.74, 6) is -0.871. The van der Waals surface area contributed by atoms with Crippen LogP contribution >= 0.6 is 0 Å². The van der Waals surface area contributed by atoms with Crippen LogP contribution in [0.4, 0.5) is 0 Å². The van der Waals surface area contributed by atoms with Gasteiger partial charge in [-0.3, -0.25) is 14.4 Å². The van der Waals surface area contributed by atoms with E-state index in [0.717, 1.165) is 109 Å². The van der Waals surface area contributed by atoms with Gasteiger partial charge < -0.3 is 14.2 Å². The highest BCUT2D eigenvalue weighted by Gasteiger charge is 2.19. The SMILES string of the molecule is CC/C=C\C/C=C\C/C=C\C/C=C\C/C=C\C/C=C\C/C=C\CCCCCCCCCC(=O)OCC(COC(=O)CCCCCCCCCCCCC)OC(=O)CCCCCCCCCCCCCCCCCCCCC. The maximum atomic E-state index is 12.9. The number of esters is 3. The lowest BCUT2D eigenvalue weighted by atomic mass is 10.0. The number of hydrogen-bond acceptors (Lipinski definition) is 6. The predicted molar refractivity (Wildman–Crippen MR) is 334 cm³/mol. The molecule has 0 fully saturated rings. The van der Waals surface area contributed by atoms with Gasteiger partial charge in [0.1, 0.15) is 13.2 Å². The van der Waals surface area contributed by atoms with E-state index in [1.165, 1.54) is 180 Å². The lowest BCUT2D eigenvalue weighted by molar-refractivity contribution is -0.167. The Kier molecular flexibility index (Phi) is 62.2.